The molecule has 0 saturated heterocycles. The molecule has 4 rings (SSSR count). The summed E-state index contributed by atoms with van der Waals surface area (Å²) in [6.07, 6.45) is 1.73. The molecule has 3 nitrogen and oxygen atoms in total. The number of benzene rings is 3. The zero-order chi connectivity index (χ0) is 16.7. The molecular formula is C20H11ClN2O. The average molecular weight is 331 g/mol. The Kier molecular flexibility index (Phi) is 3.34. The minimum atomic E-state index is -0.123. The first kappa shape index (κ1) is 14.5. The van der Waals surface area contributed by atoms with Crippen molar-refractivity contribution in [2.24, 2.45) is 0 Å². The number of fused-ring (bicyclic) bond motifs is 2. The van der Waals surface area contributed by atoms with E-state index in [0.29, 0.717) is 16.1 Å². The van der Waals surface area contributed by atoms with Crippen LogP contribution in [0, 0.1) is 11.3 Å². The molecule has 0 amide bonds. The Hall–Kier alpha value is -3.09. The van der Waals surface area contributed by atoms with E-state index in [2.05, 4.69) is 6.07 Å². The molecule has 24 heavy (non-hydrogen) atoms. The summed E-state index contributed by atoms with van der Waals surface area (Å²) in [4.78, 5) is 13.1. The van der Waals surface area contributed by atoms with Crippen molar-refractivity contribution in [3.63, 3.8) is 0 Å². The number of nitrogens with zero attached hydrogens (tertiary/aromatic N) is 2. The van der Waals surface area contributed by atoms with E-state index in [1.165, 1.54) is 0 Å². The predicted molar refractivity (Wildman–Crippen MR) is 95.3 cm³/mol. The van der Waals surface area contributed by atoms with Crippen LogP contribution >= 0.6 is 11.6 Å². The van der Waals surface area contributed by atoms with Gasteiger partial charge < -0.3 is 0 Å². The molecule has 0 aliphatic heterocycles. The maximum absolute atomic E-state index is 13.1. The van der Waals surface area contributed by atoms with Crippen LogP contribution in [0.3, 0.4) is 0 Å². The predicted octanol–water partition coefficient (Wildman–Crippen LogP) is 5.01. The Morgan fingerprint density at radius 3 is 2.62 bits per heavy atom. The van der Waals surface area contributed by atoms with Crippen LogP contribution in [-0.2, 0) is 0 Å². The van der Waals surface area contributed by atoms with E-state index < -0.39 is 0 Å². The molecule has 0 aliphatic carbocycles. The fraction of sp³-hybridized carbons (Fsp3) is 0. The fourth-order valence-electron chi connectivity index (χ4n) is 2.98. The molecule has 3 aromatic carbocycles. The lowest BCUT2D eigenvalue weighted by Crippen LogP contribution is -2.11. The van der Waals surface area contributed by atoms with E-state index in [1.807, 2.05) is 36.4 Å². The number of carbonyl (C=O) groups is 1. The Bertz CT molecular complexity index is 1150. The molecule has 114 valence electrons. The second-order valence-electron chi connectivity index (χ2n) is 5.52. The highest BCUT2D eigenvalue weighted by atomic mass is 35.5. The average Bonchev–Trinajstić information content (AvgIpc) is 3.04. The van der Waals surface area contributed by atoms with Gasteiger partial charge in [-0.05, 0) is 41.8 Å². The van der Waals surface area contributed by atoms with Gasteiger partial charge in [0.2, 0.25) is 0 Å². The largest absolute Gasteiger partial charge is 0.283 e. The molecule has 0 saturated carbocycles. The van der Waals surface area contributed by atoms with Gasteiger partial charge in [0.1, 0.15) is 0 Å². The van der Waals surface area contributed by atoms with Gasteiger partial charge in [-0.15, -0.1) is 0 Å². The van der Waals surface area contributed by atoms with Gasteiger partial charge >= 0.3 is 0 Å². The number of carbonyl (C=O) groups excluding carboxylic acids is 1. The van der Waals surface area contributed by atoms with Crippen LogP contribution in [0.15, 0.2) is 66.9 Å². The van der Waals surface area contributed by atoms with Crippen molar-refractivity contribution in [3.05, 3.63) is 83.0 Å². The van der Waals surface area contributed by atoms with Crippen LogP contribution in [0.2, 0.25) is 5.02 Å². The normalized spacial score (nSPS) is 10.8. The molecule has 0 spiro atoms. The topological polar surface area (TPSA) is 45.8 Å². The van der Waals surface area contributed by atoms with Gasteiger partial charge in [-0.3, -0.25) is 9.36 Å². The van der Waals surface area contributed by atoms with Crippen LogP contribution in [0.5, 0.6) is 0 Å². The molecule has 0 atom stereocenters. The molecule has 4 heteroatoms. The molecule has 0 bridgehead atoms. The Balaban J connectivity index is 1.92. The summed E-state index contributed by atoms with van der Waals surface area (Å²) in [7, 11) is 0. The maximum Gasteiger partial charge on any atom is 0.262 e. The van der Waals surface area contributed by atoms with Crippen LogP contribution in [0.4, 0.5) is 0 Å². The summed E-state index contributed by atoms with van der Waals surface area (Å²) in [5.74, 6) is -0.123. The molecule has 0 N–H and O–H groups in total. The number of aromatic nitrogens is 1. The van der Waals surface area contributed by atoms with Crippen molar-refractivity contribution in [3.8, 4) is 6.07 Å². The monoisotopic (exact) mass is 330 g/mol. The van der Waals surface area contributed by atoms with Crippen LogP contribution in [0.1, 0.15) is 15.9 Å². The first-order valence-corrected chi connectivity index (χ1v) is 7.80. The second kappa shape index (κ2) is 5.52. The van der Waals surface area contributed by atoms with E-state index in [4.69, 9.17) is 16.9 Å². The third-order valence-electron chi connectivity index (χ3n) is 4.14. The van der Waals surface area contributed by atoms with E-state index in [-0.39, 0.29) is 5.91 Å². The highest BCUT2D eigenvalue weighted by Crippen LogP contribution is 2.27. The van der Waals surface area contributed by atoms with Crippen molar-refractivity contribution in [2.45, 2.75) is 0 Å². The fourth-order valence-corrected chi connectivity index (χ4v) is 3.21. The minimum absolute atomic E-state index is 0.123. The van der Waals surface area contributed by atoms with Crippen molar-refractivity contribution in [1.82, 2.24) is 4.57 Å². The third kappa shape index (κ3) is 2.17. The minimum Gasteiger partial charge on any atom is -0.283 e. The lowest BCUT2D eigenvalue weighted by atomic mass is 10.0. The van der Waals surface area contributed by atoms with E-state index in [1.54, 1.807) is 35.0 Å². The molecule has 0 fully saturated rings. The molecule has 1 heterocycles. The molecule has 0 unspecified atom stereocenters. The van der Waals surface area contributed by atoms with Crippen LogP contribution in [-0.4, -0.2) is 10.5 Å². The van der Waals surface area contributed by atoms with E-state index >= 15 is 0 Å². The van der Waals surface area contributed by atoms with E-state index in [0.717, 1.165) is 21.7 Å². The summed E-state index contributed by atoms with van der Waals surface area (Å²) in [6, 6.07) is 20.3. The van der Waals surface area contributed by atoms with Gasteiger partial charge in [-0.1, -0.05) is 35.9 Å². The zero-order valence-corrected chi connectivity index (χ0v) is 13.3. The highest BCUT2D eigenvalue weighted by molar-refractivity contribution is 6.36. The van der Waals surface area contributed by atoms with Crippen molar-refractivity contribution < 1.29 is 4.79 Å². The van der Waals surface area contributed by atoms with Gasteiger partial charge in [0.15, 0.2) is 0 Å². The van der Waals surface area contributed by atoms with Crippen LogP contribution < -0.4 is 0 Å². The second-order valence-corrected chi connectivity index (χ2v) is 5.92. The number of nitriles is 1. The molecule has 1 aromatic heterocycles. The van der Waals surface area contributed by atoms with E-state index in [9.17, 15) is 4.79 Å². The maximum atomic E-state index is 13.1. The van der Waals surface area contributed by atoms with Gasteiger partial charge in [0.05, 0.1) is 17.1 Å². The van der Waals surface area contributed by atoms with Crippen molar-refractivity contribution >= 4 is 39.2 Å². The number of rotatable bonds is 1. The Morgan fingerprint density at radius 1 is 1.00 bits per heavy atom. The number of halogens is 1. The van der Waals surface area contributed by atoms with Crippen LogP contribution in [0.25, 0.3) is 21.7 Å². The summed E-state index contributed by atoms with van der Waals surface area (Å²) < 4.78 is 1.60. The lowest BCUT2D eigenvalue weighted by molar-refractivity contribution is 0.0966. The standard InChI is InChI=1S/C20H11ClN2O/c21-18-6-2-3-15-16(18)4-1-5-17(15)20(24)23-10-9-14-11-13(12-22)7-8-19(14)23/h1-11H. The SMILES string of the molecule is N#Cc1ccc2c(ccn2C(=O)c2cccc3c(Cl)cccc23)c1. The molecule has 4 aromatic rings. The zero-order valence-electron chi connectivity index (χ0n) is 12.5. The van der Waals surface area contributed by atoms with Gasteiger partial charge in [-0.2, -0.15) is 5.26 Å². The quantitative estimate of drug-likeness (QED) is 0.492. The summed E-state index contributed by atoms with van der Waals surface area (Å²) in [6.45, 7) is 0. The Morgan fingerprint density at radius 2 is 1.79 bits per heavy atom. The van der Waals surface area contributed by atoms with Crippen molar-refractivity contribution in [1.29, 1.82) is 5.26 Å². The van der Waals surface area contributed by atoms with Gasteiger partial charge in [-0.25, -0.2) is 0 Å². The molecule has 0 aliphatic rings. The smallest absolute Gasteiger partial charge is 0.262 e. The summed E-state index contributed by atoms with van der Waals surface area (Å²) >= 11 is 6.24. The lowest BCUT2D eigenvalue weighted by Gasteiger charge is -2.09. The van der Waals surface area contributed by atoms with Crippen molar-refractivity contribution in [2.75, 3.05) is 0 Å². The molecule has 0 radical (unpaired) electrons. The summed E-state index contributed by atoms with van der Waals surface area (Å²) in [5, 5.41) is 12.2. The molecular weight excluding hydrogens is 320 g/mol. The third-order valence-corrected chi connectivity index (χ3v) is 4.47. The van der Waals surface area contributed by atoms with Gasteiger partial charge in [0.25, 0.3) is 5.91 Å². The first-order chi connectivity index (χ1) is 11.7. The number of hydrogen-bond acceptors (Lipinski definition) is 2. The highest BCUT2D eigenvalue weighted by Gasteiger charge is 2.15. The Labute approximate surface area is 143 Å². The first-order valence-electron chi connectivity index (χ1n) is 7.42. The summed E-state index contributed by atoms with van der Waals surface area (Å²) in [5.41, 5.74) is 1.94. The number of hydrogen-bond donors (Lipinski definition) is 0. The van der Waals surface area contributed by atoms with Gasteiger partial charge in [0, 0.05) is 27.6 Å².